The third-order valence-corrected chi connectivity index (χ3v) is 5.96. The summed E-state index contributed by atoms with van der Waals surface area (Å²) in [5, 5.41) is 0. The largest absolute Gasteiger partial charge is 0.475 e. The first kappa shape index (κ1) is 17.0. The van der Waals surface area contributed by atoms with Gasteiger partial charge in [-0.1, -0.05) is 54.0 Å². The Bertz CT molecular complexity index is 967. The highest BCUT2D eigenvalue weighted by molar-refractivity contribution is 9.10. The number of benzene rings is 2. The van der Waals surface area contributed by atoms with Crippen LogP contribution in [0, 0.1) is 5.92 Å². The van der Waals surface area contributed by atoms with E-state index in [1.165, 1.54) is 11.1 Å². The third kappa shape index (κ3) is 2.98. The third-order valence-electron chi connectivity index (χ3n) is 5.50. The van der Waals surface area contributed by atoms with Crippen LogP contribution in [0.4, 0.5) is 0 Å². The standard InChI is InChI=1S/C22H21BrN2O2/c1-12(2)18-11-26-21(24-18)14-7-15(9-16(23)8-14)22-25-20-17-6-4-3-5-13(17)10-19(20)27-22/h3-9,12,18-20H,10-11H2,1-2H3/t18-,19-,20+/m1/s1. The van der Waals surface area contributed by atoms with E-state index in [1.807, 2.05) is 12.1 Å². The van der Waals surface area contributed by atoms with Crippen molar-refractivity contribution in [3.63, 3.8) is 0 Å². The lowest BCUT2D eigenvalue weighted by atomic mass is 10.1. The molecule has 27 heavy (non-hydrogen) atoms. The number of nitrogens with zero attached hydrogens (tertiary/aromatic N) is 2. The molecule has 0 amide bonds. The molecule has 3 aliphatic rings. The smallest absolute Gasteiger partial charge is 0.217 e. The molecule has 0 fully saturated rings. The van der Waals surface area contributed by atoms with Crippen LogP contribution in [0.3, 0.4) is 0 Å². The number of rotatable bonds is 3. The lowest BCUT2D eigenvalue weighted by Crippen LogP contribution is -2.14. The SMILES string of the molecule is CC(C)[C@H]1COC(c2cc(Br)cc(C3=N[C@H]4c5ccccc5C[C@H]4O3)c2)=N1. The monoisotopic (exact) mass is 424 g/mol. The molecule has 0 radical (unpaired) electrons. The highest BCUT2D eigenvalue weighted by Crippen LogP contribution is 2.41. The van der Waals surface area contributed by atoms with Crippen molar-refractivity contribution in [3.8, 4) is 0 Å². The van der Waals surface area contributed by atoms with Gasteiger partial charge in [-0.3, -0.25) is 0 Å². The summed E-state index contributed by atoms with van der Waals surface area (Å²) in [5.74, 6) is 1.89. The molecular formula is C22H21BrN2O2. The molecule has 0 spiro atoms. The lowest BCUT2D eigenvalue weighted by molar-refractivity contribution is 0.206. The number of aliphatic imine (C=N–C) groups is 2. The van der Waals surface area contributed by atoms with Crippen LogP contribution in [-0.4, -0.2) is 30.5 Å². The van der Waals surface area contributed by atoms with Gasteiger partial charge in [0.1, 0.15) is 18.8 Å². The Kier molecular flexibility index (Phi) is 4.08. The normalized spacial score (nSPS) is 25.6. The van der Waals surface area contributed by atoms with Crippen molar-refractivity contribution >= 4 is 27.7 Å². The van der Waals surface area contributed by atoms with Crippen LogP contribution in [0.25, 0.3) is 0 Å². The molecule has 2 aromatic carbocycles. The van der Waals surface area contributed by atoms with Gasteiger partial charge in [0.05, 0.1) is 6.04 Å². The summed E-state index contributed by atoms with van der Waals surface area (Å²) in [6.45, 7) is 4.99. The molecule has 0 unspecified atom stereocenters. The van der Waals surface area contributed by atoms with Crippen molar-refractivity contribution in [2.45, 2.75) is 38.5 Å². The van der Waals surface area contributed by atoms with Gasteiger partial charge in [0, 0.05) is 22.0 Å². The van der Waals surface area contributed by atoms with E-state index in [-0.39, 0.29) is 18.2 Å². The maximum absolute atomic E-state index is 6.23. The van der Waals surface area contributed by atoms with Crippen LogP contribution in [0.15, 0.2) is 56.9 Å². The van der Waals surface area contributed by atoms with E-state index in [0.717, 1.165) is 22.0 Å². The average molecular weight is 425 g/mol. The van der Waals surface area contributed by atoms with Crippen molar-refractivity contribution in [1.82, 2.24) is 0 Å². The lowest BCUT2D eigenvalue weighted by Gasteiger charge is -2.10. The molecule has 1 aliphatic carbocycles. The number of halogens is 1. The van der Waals surface area contributed by atoms with Gasteiger partial charge in [-0.15, -0.1) is 0 Å². The van der Waals surface area contributed by atoms with Crippen molar-refractivity contribution in [2.75, 3.05) is 6.61 Å². The molecule has 3 atom stereocenters. The Morgan fingerprint density at radius 1 is 1.04 bits per heavy atom. The minimum atomic E-state index is 0.101. The summed E-state index contributed by atoms with van der Waals surface area (Å²) in [7, 11) is 0. The molecule has 0 bridgehead atoms. The minimum absolute atomic E-state index is 0.101. The fourth-order valence-electron chi connectivity index (χ4n) is 3.96. The molecule has 0 saturated heterocycles. The van der Waals surface area contributed by atoms with Crippen LogP contribution < -0.4 is 0 Å². The Morgan fingerprint density at radius 2 is 1.81 bits per heavy atom. The van der Waals surface area contributed by atoms with Gasteiger partial charge < -0.3 is 9.47 Å². The predicted octanol–water partition coefficient (Wildman–Crippen LogP) is 4.69. The second-order valence-electron chi connectivity index (χ2n) is 7.72. The zero-order valence-corrected chi connectivity index (χ0v) is 16.9. The highest BCUT2D eigenvalue weighted by Gasteiger charge is 2.39. The Balaban J connectivity index is 1.47. The summed E-state index contributed by atoms with van der Waals surface area (Å²) >= 11 is 3.62. The van der Waals surface area contributed by atoms with Crippen molar-refractivity contribution in [2.24, 2.45) is 15.9 Å². The molecule has 5 heteroatoms. The quantitative estimate of drug-likeness (QED) is 0.716. The highest BCUT2D eigenvalue weighted by atomic mass is 79.9. The maximum atomic E-state index is 6.23. The van der Waals surface area contributed by atoms with Crippen molar-refractivity contribution < 1.29 is 9.47 Å². The van der Waals surface area contributed by atoms with Gasteiger partial charge in [-0.2, -0.15) is 0 Å². The molecule has 0 aromatic heterocycles. The van der Waals surface area contributed by atoms with Gasteiger partial charge in [0.15, 0.2) is 0 Å². The summed E-state index contributed by atoms with van der Waals surface area (Å²) < 4.78 is 13.1. The van der Waals surface area contributed by atoms with E-state index in [9.17, 15) is 0 Å². The summed E-state index contributed by atoms with van der Waals surface area (Å²) in [4.78, 5) is 9.65. The van der Waals surface area contributed by atoms with Crippen LogP contribution in [0.2, 0.25) is 0 Å². The first-order chi connectivity index (χ1) is 13.1. The van der Waals surface area contributed by atoms with Crippen LogP contribution in [-0.2, 0) is 15.9 Å². The van der Waals surface area contributed by atoms with E-state index in [4.69, 9.17) is 19.5 Å². The fourth-order valence-corrected chi connectivity index (χ4v) is 4.46. The van der Waals surface area contributed by atoms with Crippen LogP contribution in [0.5, 0.6) is 0 Å². The average Bonchev–Trinajstić information content (AvgIpc) is 3.35. The van der Waals surface area contributed by atoms with Crippen LogP contribution in [0.1, 0.15) is 42.1 Å². The van der Waals surface area contributed by atoms with Crippen LogP contribution >= 0.6 is 15.9 Å². The molecule has 0 N–H and O–H groups in total. The Hall–Kier alpha value is -2.14. The number of ether oxygens (including phenoxy) is 2. The zero-order valence-electron chi connectivity index (χ0n) is 15.4. The van der Waals surface area contributed by atoms with E-state index in [1.54, 1.807) is 0 Å². The van der Waals surface area contributed by atoms with Crippen molar-refractivity contribution in [1.29, 1.82) is 0 Å². The first-order valence-electron chi connectivity index (χ1n) is 9.42. The fraction of sp³-hybridized carbons (Fsp3) is 0.364. The van der Waals surface area contributed by atoms with Gasteiger partial charge in [-0.05, 0) is 35.2 Å². The summed E-state index contributed by atoms with van der Waals surface area (Å²) in [5.41, 5.74) is 4.56. The molecule has 138 valence electrons. The number of fused-ring (bicyclic) bond motifs is 3. The van der Waals surface area contributed by atoms with E-state index < -0.39 is 0 Å². The van der Waals surface area contributed by atoms with Crippen molar-refractivity contribution in [3.05, 3.63) is 69.2 Å². The molecule has 2 aromatic rings. The van der Waals surface area contributed by atoms with Gasteiger partial charge >= 0.3 is 0 Å². The molecule has 4 nitrogen and oxygen atoms in total. The molecule has 5 rings (SSSR count). The van der Waals surface area contributed by atoms with E-state index >= 15 is 0 Å². The number of hydrogen-bond acceptors (Lipinski definition) is 4. The second-order valence-corrected chi connectivity index (χ2v) is 8.64. The minimum Gasteiger partial charge on any atom is -0.475 e. The number of hydrogen-bond donors (Lipinski definition) is 0. The second kappa shape index (κ2) is 6.48. The zero-order chi connectivity index (χ0) is 18.5. The molecular weight excluding hydrogens is 404 g/mol. The van der Waals surface area contributed by atoms with Gasteiger partial charge in [0.25, 0.3) is 0 Å². The predicted molar refractivity (Wildman–Crippen MR) is 110 cm³/mol. The Labute approximate surface area is 167 Å². The topological polar surface area (TPSA) is 43.2 Å². The van der Waals surface area contributed by atoms with E-state index in [2.05, 4.69) is 60.1 Å². The molecule has 2 heterocycles. The molecule has 2 aliphatic heterocycles. The van der Waals surface area contributed by atoms with Gasteiger partial charge in [-0.25, -0.2) is 9.98 Å². The first-order valence-corrected chi connectivity index (χ1v) is 10.2. The molecule has 0 saturated carbocycles. The maximum Gasteiger partial charge on any atom is 0.217 e. The summed E-state index contributed by atoms with van der Waals surface area (Å²) in [6.07, 6.45) is 1.02. The van der Waals surface area contributed by atoms with Gasteiger partial charge in [0.2, 0.25) is 11.8 Å². The summed E-state index contributed by atoms with van der Waals surface area (Å²) in [6, 6.07) is 15.0. The Morgan fingerprint density at radius 3 is 2.59 bits per heavy atom. The van der Waals surface area contributed by atoms with E-state index in [0.29, 0.717) is 24.3 Å².